The normalized spacial score (nSPS) is 17.6. The lowest BCUT2D eigenvalue weighted by molar-refractivity contribution is -0.150. The molecule has 22 heavy (non-hydrogen) atoms. The summed E-state index contributed by atoms with van der Waals surface area (Å²) in [6.45, 7) is 0. The lowest BCUT2D eigenvalue weighted by atomic mass is 9.97. The van der Waals surface area contributed by atoms with Crippen molar-refractivity contribution in [3.63, 3.8) is 0 Å². The molecule has 1 aromatic rings. The first-order valence-corrected chi connectivity index (χ1v) is 7.64. The van der Waals surface area contributed by atoms with Crippen LogP contribution >= 0.6 is 11.6 Å². The maximum Gasteiger partial charge on any atom is 0.331 e. The molecule has 2 rings (SSSR count). The lowest BCUT2D eigenvalue weighted by Crippen LogP contribution is -2.53. The molecule has 1 saturated carbocycles. The second kappa shape index (κ2) is 7.01. The fourth-order valence-corrected chi connectivity index (χ4v) is 2.98. The minimum atomic E-state index is -0.939. The maximum absolute atomic E-state index is 12.4. The zero-order chi connectivity index (χ0) is 16.2. The minimum absolute atomic E-state index is 0.390. The largest absolute Gasteiger partial charge is 0.497 e. The van der Waals surface area contributed by atoms with Crippen molar-refractivity contribution in [2.24, 2.45) is 0 Å². The summed E-state index contributed by atoms with van der Waals surface area (Å²) in [6.07, 6.45) is 2.92. The van der Waals surface area contributed by atoms with Crippen molar-refractivity contribution >= 4 is 23.5 Å². The summed E-state index contributed by atoms with van der Waals surface area (Å²) >= 11 is 6.24. The predicted octanol–water partition coefficient (Wildman–Crippen LogP) is 2.58. The summed E-state index contributed by atoms with van der Waals surface area (Å²) in [4.78, 5) is 24.4. The summed E-state index contributed by atoms with van der Waals surface area (Å²) in [5.41, 5.74) is -0.288. The summed E-state index contributed by atoms with van der Waals surface area (Å²) in [6, 6.07) is 6.94. The number of carbonyl (C=O) groups excluding carboxylic acids is 2. The fraction of sp³-hybridized carbons (Fsp3) is 0.500. The summed E-state index contributed by atoms with van der Waals surface area (Å²) in [7, 11) is 2.90. The van der Waals surface area contributed by atoms with Crippen LogP contribution in [0.25, 0.3) is 0 Å². The molecule has 0 heterocycles. The molecule has 1 amide bonds. The molecular formula is C16H20ClNO4. The summed E-state index contributed by atoms with van der Waals surface area (Å²) in [5, 5.41) is 1.93. The van der Waals surface area contributed by atoms with Crippen LogP contribution in [-0.2, 0) is 14.3 Å². The molecule has 1 unspecified atom stereocenters. The van der Waals surface area contributed by atoms with Gasteiger partial charge in [-0.15, -0.1) is 11.6 Å². The molecule has 1 fully saturated rings. The Kier molecular flexibility index (Phi) is 5.29. The van der Waals surface area contributed by atoms with Gasteiger partial charge in [0, 0.05) is 0 Å². The van der Waals surface area contributed by atoms with Crippen LogP contribution in [0.5, 0.6) is 5.75 Å². The Morgan fingerprint density at radius 3 is 2.27 bits per heavy atom. The number of methoxy groups -OCH3 is 2. The van der Waals surface area contributed by atoms with E-state index in [4.69, 9.17) is 21.1 Å². The number of nitrogens with one attached hydrogen (secondary N) is 1. The van der Waals surface area contributed by atoms with Gasteiger partial charge in [0.1, 0.15) is 16.7 Å². The van der Waals surface area contributed by atoms with Crippen LogP contribution in [0.3, 0.4) is 0 Å². The lowest BCUT2D eigenvalue weighted by Gasteiger charge is -2.28. The highest BCUT2D eigenvalue weighted by atomic mass is 35.5. The van der Waals surface area contributed by atoms with Gasteiger partial charge in [-0.2, -0.15) is 0 Å². The van der Waals surface area contributed by atoms with E-state index < -0.39 is 16.9 Å². The molecule has 0 spiro atoms. The molecule has 6 heteroatoms. The Bertz CT molecular complexity index is 538. The van der Waals surface area contributed by atoms with E-state index in [1.54, 1.807) is 31.4 Å². The number of amides is 1. The number of ether oxygens (including phenoxy) is 2. The van der Waals surface area contributed by atoms with Gasteiger partial charge >= 0.3 is 5.97 Å². The van der Waals surface area contributed by atoms with Gasteiger partial charge in [0.25, 0.3) is 0 Å². The van der Waals surface area contributed by atoms with Crippen molar-refractivity contribution in [2.75, 3.05) is 14.2 Å². The number of hydrogen-bond acceptors (Lipinski definition) is 4. The van der Waals surface area contributed by atoms with Crippen LogP contribution in [0.2, 0.25) is 0 Å². The molecule has 0 aliphatic heterocycles. The summed E-state index contributed by atoms with van der Waals surface area (Å²) in [5.74, 6) is -0.106. The Morgan fingerprint density at radius 2 is 1.77 bits per heavy atom. The zero-order valence-corrected chi connectivity index (χ0v) is 13.5. The van der Waals surface area contributed by atoms with Gasteiger partial charge in [-0.05, 0) is 30.5 Å². The number of alkyl halides is 1. The van der Waals surface area contributed by atoms with Crippen molar-refractivity contribution in [3.05, 3.63) is 29.8 Å². The third-order valence-electron chi connectivity index (χ3n) is 4.03. The third kappa shape index (κ3) is 3.35. The molecule has 0 bridgehead atoms. The average Bonchev–Trinajstić information content (AvgIpc) is 3.03. The smallest absolute Gasteiger partial charge is 0.331 e. The van der Waals surface area contributed by atoms with E-state index in [9.17, 15) is 9.59 Å². The standard InChI is InChI=1S/C16H20ClNO4/c1-21-12-7-5-11(6-8-12)13(17)14(19)18-16(15(20)22-2)9-3-4-10-16/h5-8,13H,3-4,9-10H2,1-2H3,(H,18,19). The van der Waals surface area contributed by atoms with Crippen LogP contribution in [-0.4, -0.2) is 31.6 Å². The van der Waals surface area contributed by atoms with Crippen molar-refractivity contribution in [3.8, 4) is 5.75 Å². The van der Waals surface area contributed by atoms with E-state index in [1.165, 1.54) is 7.11 Å². The van der Waals surface area contributed by atoms with E-state index in [2.05, 4.69) is 5.32 Å². The van der Waals surface area contributed by atoms with Gasteiger partial charge in [-0.25, -0.2) is 4.79 Å². The number of halogens is 1. The van der Waals surface area contributed by atoms with Gasteiger partial charge in [0.05, 0.1) is 14.2 Å². The number of benzene rings is 1. The van der Waals surface area contributed by atoms with Crippen molar-refractivity contribution < 1.29 is 19.1 Å². The number of rotatable bonds is 5. The molecular weight excluding hydrogens is 306 g/mol. The van der Waals surface area contributed by atoms with Crippen LogP contribution in [0.1, 0.15) is 36.6 Å². The van der Waals surface area contributed by atoms with E-state index in [0.717, 1.165) is 12.8 Å². The monoisotopic (exact) mass is 325 g/mol. The molecule has 1 aliphatic carbocycles. The van der Waals surface area contributed by atoms with Crippen molar-refractivity contribution in [1.29, 1.82) is 0 Å². The Hall–Kier alpha value is -1.75. The van der Waals surface area contributed by atoms with Gasteiger partial charge in [-0.1, -0.05) is 25.0 Å². The van der Waals surface area contributed by atoms with Crippen LogP contribution in [0.4, 0.5) is 0 Å². The Balaban J connectivity index is 2.10. The highest BCUT2D eigenvalue weighted by Crippen LogP contribution is 2.32. The first kappa shape index (κ1) is 16.6. The van der Waals surface area contributed by atoms with E-state index in [1.807, 2.05) is 0 Å². The Labute approximate surface area is 134 Å². The first-order valence-electron chi connectivity index (χ1n) is 7.21. The molecule has 0 aromatic heterocycles. The highest BCUT2D eigenvalue weighted by Gasteiger charge is 2.44. The molecule has 0 radical (unpaired) electrons. The zero-order valence-electron chi connectivity index (χ0n) is 12.7. The molecule has 0 saturated heterocycles. The topological polar surface area (TPSA) is 64.6 Å². The first-order chi connectivity index (χ1) is 10.5. The fourth-order valence-electron chi connectivity index (χ4n) is 2.78. The molecule has 1 atom stereocenters. The van der Waals surface area contributed by atoms with E-state index in [-0.39, 0.29) is 5.91 Å². The third-order valence-corrected chi connectivity index (χ3v) is 4.48. The maximum atomic E-state index is 12.4. The van der Waals surface area contributed by atoms with Gasteiger partial charge in [-0.3, -0.25) is 4.79 Å². The number of hydrogen-bond donors (Lipinski definition) is 1. The molecule has 1 aliphatic rings. The second-order valence-electron chi connectivity index (χ2n) is 5.41. The van der Waals surface area contributed by atoms with Crippen LogP contribution in [0.15, 0.2) is 24.3 Å². The summed E-state index contributed by atoms with van der Waals surface area (Å²) < 4.78 is 9.92. The molecule has 1 N–H and O–H groups in total. The molecule has 5 nitrogen and oxygen atoms in total. The van der Waals surface area contributed by atoms with Gasteiger partial charge in [0.2, 0.25) is 5.91 Å². The number of carbonyl (C=O) groups is 2. The minimum Gasteiger partial charge on any atom is -0.497 e. The average molecular weight is 326 g/mol. The molecule has 120 valence electrons. The predicted molar refractivity (Wildman–Crippen MR) is 82.9 cm³/mol. The van der Waals surface area contributed by atoms with E-state index in [0.29, 0.717) is 24.2 Å². The van der Waals surface area contributed by atoms with Crippen molar-refractivity contribution in [2.45, 2.75) is 36.6 Å². The van der Waals surface area contributed by atoms with Crippen molar-refractivity contribution in [1.82, 2.24) is 5.32 Å². The number of esters is 1. The van der Waals surface area contributed by atoms with Gasteiger partial charge in [0.15, 0.2) is 0 Å². The molecule has 1 aromatic carbocycles. The highest BCUT2D eigenvalue weighted by molar-refractivity contribution is 6.31. The van der Waals surface area contributed by atoms with Crippen LogP contribution in [0, 0.1) is 0 Å². The van der Waals surface area contributed by atoms with E-state index >= 15 is 0 Å². The van der Waals surface area contributed by atoms with Crippen LogP contribution < -0.4 is 10.1 Å². The van der Waals surface area contributed by atoms with Gasteiger partial charge < -0.3 is 14.8 Å². The Morgan fingerprint density at radius 1 is 1.18 bits per heavy atom. The quantitative estimate of drug-likeness (QED) is 0.667. The second-order valence-corrected chi connectivity index (χ2v) is 5.84. The SMILES string of the molecule is COC(=O)C1(NC(=O)C(Cl)c2ccc(OC)cc2)CCCC1.